The van der Waals surface area contributed by atoms with E-state index in [4.69, 9.17) is 10.5 Å². The van der Waals surface area contributed by atoms with Crippen molar-refractivity contribution < 1.29 is 9.84 Å². The number of nitrogens with two attached hydrogens (primary N) is 1. The summed E-state index contributed by atoms with van der Waals surface area (Å²) in [5.74, 6) is 0.814. The van der Waals surface area contributed by atoms with Crippen LogP contribution in [0.2, 0.25) is 0 Å². The van der Waals surface area contributed by atoms with Crippen LogP contribution >= 0.6 is 0 Å². The van der Waals surface area contributed by atoms with Crippen molar-refractivity contribution in [3.63, 3.8) is 0 Å². The lowest BCUT2D eigenvalue weighted by atomic mass is 9.85. The first-order valence-corrected chi connectivity index (χ1v) is 7.21. The molecule has 1 aromatic rings. The van der Waals surface area contributed by atoms with Gasteiger partial charge in [0.1, 0.15) is 12.4 Å². The van der Waals surface area contributed by atoms with Gasteiger partial charge in [-0.1, -0.05) is 31.4 Å². The molecule has 1 aromatic carbocycles. The molecular weight excluding hydrogens is 238 g/mol. The van der Waals surface area contributed by atoms with Crippen LogP contribution in [0.1, 0.15) is 56.2 Å². The van der Waals surface area contributed by atoms with Crippen LogP contribution in [0.5, 0.6) is 5.75 Å². The first-order valence-electron chi connectivity index (χ1n) is 7.21. The molecule has 1 fully saturated rings. The van der Waals surface area contributed by atoms with Crippen LogP contribution in [-0.4, -0.2) is 17.3 Å². The van der Waals surface area contributed by atoms with Gasteiger partial charge < -0.3 is 15.6 Å². The normalized spacial score (nSPS) is 20.0. The summed E-state index contributed by atoms with van der Waals surface area (Å²) in [4.78, 5) is 0. The zero-order valence-electron chi connectivity index (χ0n) is 12.0. The first kappa shape index (κ1) is 14.4. The molecule has 1 aliphatic rings. The van der Waals surface area contributed by atoms with Crippen LogP contribution in [0.3, 0.4) is 0 Å². The van der Waals surface area contributed by atoms with Crippen molar-refractivity contribution in [2.45, 2.75) is 57.6 Å². The van der Waals surface area contributed by atoms with Crippen molar-refractivity contribution in [1.82, 2.24) is 0 Å². The third-order valence-corrected chi connectivity index (χ3v) is 3.94. The monoisotopic (exact) mass is 263 g/mol. The van der Waals surface area contributed by atoms with Crippen LogP contribution < -0.4 is 10.5 Å². The number of ether oxygens (including phenoxy) is 1. The van der Waals surface area contributed by atoms with Crippen LogP contribution in [0.25, 0.3) is 0 Å². The Morgan fingerprint density at radius 3 is 2.63 bits per heavy atom. The Morgan fingerprint density at radius 2 is 2.00 bits per heavy atom. The van der Waals surface area contributed by atoms with Crippen LogP contribution in [0.4, 0.5) is 0 Å². The Kier molecular flexibility index (Phi) is 4.48. The fourth-order valence-corrected chi connectivity index (χ4v) is 2.71. The van der Waals surface area contributed by atoms with E-state index in [1.54, 1.807) is 0 Å². The SMILES string of the molecule is Cc1ccc([C@@H](C)N)c(OCC2(O)CCCCC2)c1. The largest absolute Gasteiger partial charge is 0.490 e. The molecule has 3 heteroatoms. The van der Waals surface area contributed by atoms with E-state index in [2.05, 4.69) is 0 Å². The van der Waals surface area contributed by atoms with Crippen molar-refractivity contribution in [2.75, 3.05) is 6.61 Å². The molecule has 106 valence electrons. The molecule has 0 aromatic heterocycles. The lowest BCUT2D eigenvalue weighted by Gasteiger charge is -2.32. The van der Waals surface area contributed by atoms with Gasteiger partial charge in [-0.3, -0.25) is 0 Å². The zero-order valence-corrected chi connectivity index (χ0v) is 12.0. The molecule has 1 atom stereocenters. The molecule has 2 rings (SSSR count). The van der Waals surface area contributed by atoms with Crippen LogP contribution in [-0.2, 0) is 0 Å². The predicted octanol–water partition coefficient (Wildman–Crippen LogP) is 3.09. The number of aliphatic hydroxyl groups is 1. The Labute approximate surface area is 115 Å². The molecule has 0 saturated heterocycles. The summed E-state index contributed by atoms with van der Waals surface area (Å²) < 4.78 is 5.89. The fraction of sp³-hybridized carbons (Fsp3) is 0.625. The van der Waals surface area contributed by atoms with E-state index in [9.17, 15) is 5.11 Å². The third-order valence-electron chi connectivity index (χ3n) is 3.94. The average molecular weight is 263 g/mol. The van der Waals surface area contributed by atoms with Crippen molar-refractivity contribution in [3.05, 3.63) is 29.3 Å². The topological polar surface area (TPSA) is 55.5 Å². The Bertz CT molecular complexity index is 423. The van der Waals surface area contributed by atoms with Crippen LogP contribution in [0.15, 0.2) is 18.2 Å². The van der Waals surface area contributed by atoms with E-state index >= 15 is 0 Å². The minimum absolute atomic E-state index is 0.0587. The number of rotatable bonds is 4. The zero-order chi connectivity index (χ0) is 13.9. The van der Waals surface area contributed by atoms with Gasteiger partial charge in [0.25, 0.3) is 0 Å². The summed E-state index contributed by atoms with van der Waals surface area (Å²) in [7, 11) is 0. The molecule has 19 heavy (non-hydrogen) atoms. The minimum Gasteiger partial charge on any atom is -0.490 e. The van der Waals surface area contributed by atoms with E-state index in [0.29, 0.717) is 6.61 Å². The molecule has 0 aliphatic heterocycles. The molecule has 0 heterocycles. The highest BCUT2D eigenvalue weighted by atomic mass is 16.5. The third kappa shape index (κ3) is 3.71. The summed E-state index contributed by atoms with van der Waals surface area (Å²) in [5.41, 5.74) is 7.46. The van der Waals surface area contributed by atoms with Crippen molar-refractivity contribution >= 4 is 0 Å². The summed E-state index contributed by atoms with van der Waals surface area (Å²) >= 11 is 0. The number of benzene rings is 1. The maximum absolute atomic E-state index is 10.5. The standard InChI is InChI=1S/C16H25NO2/c1-12-6-7-14(13(2)17)15(10-12)19-11-16(18)8-4-3-5-9-16/h6-7,10,13,18H,3-5,8-9,11,17H2,1-2H3/t13-/m1/s1. The summed E-state index contributed by atoms with van der Waals surface area (Å²) in [6, 6.07) is 6.00. The van der Waals surface area contributed by atoms with Gasteiger partial charge in [-0.15, -0.1) is 0 Å². The predicted molar refractivity (Wildman–Crippen MR) is 77.3 cm³/mol. The van der Waals surface area contributed by atoms with Gasteiger partial charge in [0.05, 0.1) is 5.60 Å². The van der Waals surface area contributed by atoms with E-state index in [1.807, 2.05) is 32.0 Å². The summed E-state index contributed by atoms with van der Waals surface area (Å²) in [5, 5.41) is 10.5. The quantitative estimate of drug-likeness (QED) is 0.877. The van der Waals surface area contributed by atoms with E-state index in [0.717, 1.165) is 42.6 Å². The number of hydrogen-bond acceptors (Lipinski definition) is 3. The maximum atomic E-state index is 10.5. The second-order valence-corrected chi connectivity index (χ2v) is 5.90. The summed E-state index contributed by atoms with van der Waals surface area (Å²) in [6.45, 7) is 4.36. The molecule has 0 unspecified atom stereocenters. The van der Waals surface area contributed by atoms with Gasteiger partial charge in [-0.05, 0) is 38.3 Å². The summed E-state index contributed by atoms with van der Waals surface area (Å²) in [6.07, 6.45) is 5.08. The van der Waals surface area contributed by atoms with E-state index in [1.165, 1.54) is 6.42 Å². The highest BCUT2D eigenvalue weighted by molar-refractivity contribution is 5.39. The number of aryl methyl sites for hydroxylation is 1. The average Bonchev–Trinajstić information content (AvgIpc) is 2.37. The van der Waals surface area contributed by atoms with Gasteiger partial charge in [-0.2, -0.15) is 0 Å². The highest BCUT2D eigenvalue weighted by Crippen LogP contribution is 2.31. The fourth-order valence-electron chi connectivity index (χ4n) is 2.71. The van der Waals surface area contributed by atoms with Gasteiger partial charge in [-0.25, -0.2) is 0 Å². The van der Waals surface area contributed by atoms with Gasteiger partial charge >= 0.3 is 0 Å². The molecule has 0 radical (unpaired) electrons. The number of hydrogen-bond donors (Lipinski definition) is 2. The molecule has 0 spiro atoms. The Hall–Kier alpha value is -1.06. The van der Waals surface area contributed by atoms with E-state index in [-0.39, 0.29) is 6.04 Å². The van der Waals surface area contributed by atoms with Crippen molar-refractivity contribution in [1.29, 1.82) is 0 Å². The molecule has 1 aliphatic carbocycles. The van der Waals surface area contributed by atoms with Crippen molar-refractivity contribution in [3.8, 4) is 5.75 Å². The van der Waals surface area contributed by atoms with E-state index < -0.39 is 5.60 Å². The Morgan fingerprint density at radius 1 is 1.32 bits per heavy atom. The second-order valence-electron chi connectivity index (χ2n) is 5.90. The molecule has 1 saturated carbocycles. The Balaban J connectivity index is 2.07. The first-order chi connectivity index (χ1) is 9.00. The highest BCUT2D eigenvalue weighted by Gasteiger charge is 2.30. The molecule has 0 bridgehead atoms. The van der Waals surface area contributed by atoms with Crippen LogP contribution in [0, 0.1) is 6.92 Å². The molecule has 0 amide bonds. The van der Waals surface area contributed by atoms with Crippen molar-refractivity contribution in [2.24, 2.45) is 5.73 Å². The van der Waals surface area contributed by atoms with Gasteiger partial charge in [0.15, 0.2) is 0 Å². The smallest absolute Gasteiger partial charge is 0.124 e. The lowest BCUT2D eigenvalue weighted by molar-refractivity contribution is -0.0341. The molecule has 3 N–H and O–H groups in total. The van der Waals surface area contributed by atoms with Gasteiger partial charge in [0, 0.05) is 11.6 Å². The second kappa shape index (κ2) is 5.93. The molecule has 3 nitrogen and oxygen atoms in total. The lowest BCUT2D eigenvalue weighted by Crippen LogP contribution is -2.38. The van der Waals surface area contributed by atoms with Gasteiger partial charge in [0.2, 0.25) is 0 Å². The minimum atomic E-state index is -0.656. The molecular formula is C16H25NO2. The maximum Gasteiger partial charge on any atom is 0.124 e.